The number of morpholine rings is 1. The highest BCUT2D eigenvalue weighted by Crippen LogP contribution is 2.15. The number of hydrogen-bond acceptors (Lipinski definition) is 5. The molecule has 1 aliphatic heterocycles. The van der Waals surface area contributed by atoms with Crippen molar-refractivity contribution >= 4 is 23.5 Å². The van der Waals surface area contributed by atoms with E-state index in [1.54, 1.807) is 11.8 Å². The number of ether oxygens (including phenoxy) is 1. The van der Waals surface area contributed by atoms with Crippen molar-refractivity contribution in [2.45, 2.75) is 25.3 Å². The van der Waals surface area contributed by atoms with Crippen molar-refractivity contribution < 1.29 is 9.53 Å². The van der Waals surface area contributed by atoms with Gasteiger partial charge in [-0.3, -0.25) is 4.79 Å². The number of aromatic nitrogens is 1. The van der Waals surface area contributed by atoms with Crippen molar-refractivity contribution in [2.75, 3.05) is 30.9 Å². The van der Waals surface area contributed by atoms with E-state index in [4.69, 9.17) is 4.74 Å². The van der Waals surface area contributed by atoms with Crippen LogP contribution in [0.4, 0.5) is 5.82 Å². The molecule has 6 heteroatoms. The minimum absolute atomic E-state index is 0.0632. The Kier molecular flexibility index (Phi) is 6.52. The highest BCUT2D eigenvalue weighted by molar-refractivity contribution is 7.97. The molecular weight excluding hydrogens is 346 g/mol. The maximum absolute atomic E-state index is 12.3. The lowest BCUT2D eigenvalue weighted by atomic mass is 10.1. The molecule has 0 radical (unpaired) electrons. The number of anilines is 1. The molecule has 1 fully saturated rings. The lowest BCUT2D eigenvalue weighted by Gasteiger charge is -2.32. The van der Waals surface area contributed by atoms with Gasteiger partial charge in [0.05, 0.1) is 12.7 Å². The van der Waals surface area contributed by atoms with Crippen LogP contribution in [0.25, 0.3) is 0 Å². The van der Waals surface area contributed by atoms with Crippen molar-refractivity contribution in [2.24, 2.45) is 0 Å². The highest BCUT2D eigenvalue weighted by atomic mass is 32.2. The van der Waals surface area contributed by atoms with Gasteiger partial charge in [0.1, 0.15) is 5.82 Å². The number of thioether (sulfide) groups is 1. The minimum atomic E-state index is -0.0632. The van der Waals surface area contributed by atoms with Crippen LogP contribution in [0, 0.1) is 0 Å². The largest absolute Gasteiger partial charge is 0.375 e. The van der Waals surface area contributed by atoms with Gasteiger partial charge in [-0.25, -0.2) is 4.98 Å². The summed E-state index contributed by atoms with van der Waals surface area (Å²) in [6.45, 7) is 4.99. The molecule has 1 atom stereocenters. The number of nitrogens with one attached hydrogen (secondary N) is 1. The van der Waals surface area contributed by atoms with Crippen LogP contribution in [-0.4, -0.2) is 42.9 Å². The van der Waals surface area contributed by atoms with Crippen LogP contribution in [-0.2, 0) is 17.0 Å². The van der Waals surface area contributed by atoms with Gasteiger partial charge in [-0.1, -0.05) is 18.2 Å². The Bertz CT molecular complexity index is 719. The number of carbonyl (C=O) groups is 1. The van der Waals surface area contributed by atoms with Gasteiger partial charge in [0.25, 0.3) is 5.91 Å². The molecule has 2 aromatic rings. The molecule has 5 nitrogen and oxygen atoms in total. The Morgan fingerprint density at radius 1 is 1.27 bits per heavy atom. The molecule has 0 spiro atoms. The smallest absolute Gasteiger partial charge is 0.251 e. The van der Waals surface area contributed by atoms with Gasteiger partial charge in [0.2, 0.25) is 0 Å². The topological polar surface area (TPSA) is 54.5 Å². The summed E-state index contributed by atoms with van der Waals surface area (Å²) in [6, 6.07) is 11.8. The van der Waals surface area contributed by atoms with E-state index in [2.05, 4.69) is 28.4 Å². The number of hydrogen-bond donors (Lipinski definition) is 1. The molecule has 2 heterocycles. The SMILES string of the molecule is CSCc1ccc(C(=O)NCc2ccc(N3CCOC(C)C3)nc2)cc1. The summed E-state index contributed by atoms with van der Waals surface area (Å²) >= 11 is 1.77. The van der Waals surface area contributed by atoms with Crippen molar-refractivity contribution in [1.82, 2.24) is 10.3 Å². The van der Waals surface area contributed by atoms with Crippen molar-refractivity contribution in [3.8, 4) is 0 Å². The average molecular weight is 372 g/mol. The van der Waals surface area contributed by atoms with Crippen LogP contribution in [0.15, 0.2) is 42.6 Å². The van der Waals surface area contributed by atoms with Crippen LogP contribution in [0.5, 0.6) is 0 Å². The summed E-state index contributed by atoms with van der Waals surface area (Å²) in [5.74, 6) is 1.85. The van der Waals surface area contributed by atoms with E-state index >= 15 is 0 Å². The van der Waals surface area contributed by atoms with Crippen molar-refractivity contribution in [1.29, 1.82) is 0 Å². The lowest BCUT2D eigenvalue weighted by Crippen LogP contribution is -2.41. The summed E-state index contributed by atoms with van der Waals surface area (Å²) in [5.41, 5.74) is 2.90. The van der Waals surface area contributed by atoms with Crippen LogP contribution in [0.2, 0.25) is 0 Å². The number of carbonyl (C=O) groups excluding carboxylic acids is 1. The molecule has 0 aliphatic carbocycles. The van der Waals surface area contributed by atoms with Crippen molar-refractivity contribution in [3.63, 3.8) is 0 Å². The van der Waals surface area contributed by atoms with Gasteiger partial charge >= 0.3 is 0 Å². The van der Waals surface area contributed by atoms with Gasteiger partial charge in [0.15, 0.2) is 0 Å². The van der Waals surface area contributed by atoms with Gasteiger partial charge < -0.3 is 15.0 Å². The minimum Gasteiger partial charge on any atom is -0.375 e. The summed E-state index contributed by atoms with van der Waals surface area (Å²) in [6.07, 6.45) is 4.13. The molecule has 1 saturated heterocycles. The molecule has 1 amide bonds. The Balaban J connectivity index is 1.53. The van der Waals surface area contributed by atoms with Crippen LogP contribution < -0.4 is 10.2 Å². The summed E-state index contributed by atoms with van der Waals surface area (Å²) < 4.78 is 5.56. The molecular formula is C20H25N3O2S. The van der Waals surface area contributed by atoms with Crippen molar-refractivity contribution in [3.05, 3.63) is 59.3 Å². The molecule has 26 heavy (non-hydrogen) atoms. The molecule has 1 aromatic heterocycles. The van der Waals surface area contributed by atoms with E-state index in [0.29, 0.717) is 12.1 Å². The fraction of sp³-hybridized carbons (Fsp3) is 0.400. The lowest BCUT2D eigenvalue weighted by molar-refractivity contribution is 0.0529. The molecule has 0 saturated carbocycles. The molecule has 1 aromatic carbocycles. The van der Waals surface area contributed by atoms with E-state index < -0.39 is 0 Å². The van der Waals surface area contributed by atoms with E-state index in [0.717, 1.165) is 36.8 Å². The van der Waals surface area contributed by atoms with E-state index in [1.165, 1.54) is 5.56 Å². The zero-order valence-corrected chi connectivity index (χ0v) is 16.1. The number of amides is 1. The van der Waals surface area contributed by atoms with E-state index in [9.17, 15) is 4.79 Å². The maximum Gasteiger partial charge on any atom is 0.251 e. The average Bonchev–Trinajstić information content (AvgIpc) is 2.67. The predicted molar refractivity (Wildman–Crippen MR) is 107 cm³/mol. The zero-order valence-electron chi connectivity index (χ0n) is 15.3. The first-order chi connectivity index (χ1) is 12.7. The summed E-state index contributed by atoms with van der Waals surface area (Å²) in [4.78, 5) is 19.0. The predicted octanol–water partition coefficient (Wildman–Crippen LogP) is 3.10. The third-order valence-corrected chi connectivity index (χ3v) is 4.98. The quantitative estimate of drug-likeness (QED) is 0.846. The second kappa shape index (κ2) is 9.05. The Morgan fingerprint density at radius 2 is 2.04 bits per heavy atom. The monoisotopic (exact) mass is 371 g/mol. The molecule has 0 bridgehead atoms. The van der Waals surface area contributed by atoms with Crippen LogP contribution >= 0.6 is 11.8 Å². The second-order valence-corrected chi connectivity index (χ2v) is 7.33. The molecule has 3 rings (SSSR count). The van der Waals surface area contributed by atoms with Gasteiger partial charge in [-0.05, 0) is 42.5 Å². The van der Waals surface area contributed by atoms with E-state index in [1.807, 2.05) is 42.6 Å². The first-order valence-corrected chi connectivity index (χ1v) is 10.2. The van der Waals surface area contributed by atoms with Crippen LogP contribution in [0.1, 0.15) is 28.4 Å². The first kappa shape index (κ1) is 18.7. The van der Waals surface area contributed by atoms with Gasteiger partial charge in [0, 0.05) is 37.1 Å². The molecule has 1 N–H and O–H groups in total. The maximum atomic E-state index is 12.3. The van der Waals surface area contributed by atoms with Gasteiger partial charge in [-0.15, -0.1) is 0 Å². The van der Waals surface area contributed by atoms with Gasteiger partial charge in [-0.2, -0.15) is 11.8 Å². The normalized spacial score (nSPS) is 17.2. The number of nitrogens with zero attached hydrogens (tertiary/aromatic N) is 2. The zero-order chi connectivity index (χ0) is 18.4. The first-order valence-electron chi connectivity index (χ1n) is 8.83. The highest BCUT2D eigenvalue weighted by Gasteiger charge is 2.17. The Hall–Kier alpha value is -2.05. The second-order valence-electron chi connectivity index (χ2n) is 6.46. The molecule has 138 valence electrons. The Morgan fingerprint density at radius 3 is 2.69 bits per heavy atom. The number of benzene rings is 1. The third-order valence-electron chi connectivity index (χ3n) is 4.35. The fourth-order valence-electron chi connectivity index (χ4n) is 2.94. The summed E-state index contributed by atoms with van der Waals surface area (Å²) in [5, 5.41) is 2.96. The van der Waals surface area contributed by atoms with E-state index in [-0.39, 0.29) is 12.0 Å². The number of rotatable bonds is 6. The molecule has 1 aliphatic rings. The standard InChI is InChI=1S/C20H25N3O2S/c1-15-13-23(9-10-25-15)19-8-5-17(11-21-19)12-22-20(24)18-6-3-16(4-7-18)14-26-2/h3-8,11,15H,9-10,12-14H2,1-2H3,(H,22,24). The Labute approximate surface area is 159 Å². The third kappa shape index (κ3) is 4.99. The fourth-order valence-corrected chi connectivity index (χ4v) is 3.46. The number of pyridine rings is 1. The van der Waals surface area contributed by atoms with Crippen LogP contribution in [0.3, 0.4) is 0 Å². The summed E-state index contributed by atoms with van der Waals surface area (Å²) in [7, 11) is 0. The molecule has 1 unspecified atom stereocenters.